The van der Waals surface area contributed by atoms with Gasteiger partial charge in [-0.3, -0.25) is 0 Å². The lowest BCUT2D eigenvalue weighted by molar-refractivity contribution is 0.0696. The Hall–Kier alpha value is -2.82. The average molecular weight is 341 g/mol. The van der Waals surface area contributed by atoms with Crippen LogP contribution < -0.4 is 5.32 Å². The Morgan fingerprint density at radius 3 is 2.24 bits per heavy atom. The first-order valence-electron chi connectivity index (χ1n) is 8.12. The SMILES string of the molecule is CC(C)(CNC(=O)OCc1ccccc1)Cc1ccc(C(=O)O)cc1. The number of carbonyl (C=O) groups is 2. The number of amides is 1. The van der Waals surface area contributed by atoms with Crippen LogP contribution in [0.2, 0.25) is 0 Å². The first-order valence-corrected chi connectivity index (χ1v) is 8.12. The van der Waals surface area contributed by atoms with Gasteiger partial charge in [-0.05, 0) is 35.1 Å². The molecule has 0 aliphatic rings. The Morgan fingerprint density at radius 1 is 1.00 bits per heavy atom. The van der Waals surface area contributed by atoms with Gasteiger partial charge in [0.05, 0.1) is 5.56 Å². The second-order valence-corrected chi connectivity index (χ2v) is 6.76. The van der Waals surface area contributed by atoms with Gasteiger partial charge in [0.15, 0.2) is 0 Å². The summed E-state index contributed by atoms with van der Waals surface area (Å²) in [4.78, 5) is 22.7. The monoisotopic (exact) mass is 341 g/mol. The molecule has 0 fully saturated rings. The predicted octanol–water partition coefficient (Wildman–Crippen LogP) is 3.88. The minimum Gasteiger partial charge on any atom is -0.478 e. The maximum absolute atomic E-state index is 11.8. The van der Waals surface area contributed by atoms with Crippen molar-refractivity contribution in [2.75, 3.05) is 6.54 Å². The molecule has 5 nitrogen and oxygen atoms in total. The van der Waals surface area contributed by atoms with E-state index in [4.69, 9.17) is 9.84 Å². The molecule has 0 aromatic heterocycles. The third-order valence-electron chi connectivity index (χ3n) is 3.81. The molecule has 0 bridgehead atoms. The van der Waals surface area contributed by atoms with Crippen molar-refractivity contribution in [2.24, 2.45) is 5.41 Å². The van der Waals surface area contributed by atoms with Crippen molar-refractivity contribution in [1.82, 2.24) is 5.32 Å². The molecule has 132 valence electrons. The highest BCUT2D eigenvalue weighted by molar-refractivity contribution is 5.87. The van der Waals surface area contributed by atoms with Gasteiger partial charge in [0.1, 0.15) is 6.61 Å². The van der Waals surface area contributed by atoms with Gasteiger partial charge in [0, 0.05) is 6.54 Å². The third-order valence-corrected chi connectivity index (χ3v) is 3.81. The number of hydrogen-bond donors (Lipinski definition) is 2. The zero-order valence-corrected chi connectivity index (χ0v) is 14.5. The molecule has 0 heterocycles. The van der Waals surface area contributed by atoms with Gasteiger partial charge in [0.25, 0.3) is 0 Å². The van der Waals surface area contributed by atoms with Crippen molar-refractivity contribution in [3.63, 3.8) is 0 Å². The van der Waals surface area contributed by atoms with Crippen LogP contribution in [-0.2, 0) is 17.8 Å². The molecule has 2 rings (SSSR count). The molecule has 0 aliphatic carbocycles. The molecule has 2 aromatic carbocycles. The second kappa shape index (κ2) is 8.33. The van der Waals surface area contributed by atoms with E-state index in [1.54, 1.807) is 24.3 Å². The minimum atomic E-state index is -0.936. The molecule has 0 aliphatic heterocycles. The summed E-state index contributed by atoms with van der Waals surface area (Å²) in [5.74, 6) is -0.936. The molecule has 1 amide bonds. The standard InChI is InChI=1S/C20H23NO4/c1-20(2,12-15-8-10-17(11-9-15)18(22)23)14-21-19(24)25-13-16-6-4-3-5-7-16/h3-11H,12-14H2,1-2H3,(H,21,24)(H,22,23). The molecular formula is C20H23NO4. The number of hydrogen-bond acceptors (Lipinski definition) is 3. The molecular weight excluding hydrogens is 318 g/mol. The molecule has 0 atom stereocenters. The summed E-state index contributed by atoms with van der Waals surface area (Å²) < 4.78 is 5.20. The molecule has 0 radical (unpaired) electrons. The first-order chi connectivity index (χ1) is 11.9. The Bertz CT molecular complexity index is 708. The molecule has 5 heteroatoms. The van der Waals surface area contributed by atoms with Crippen LogP contribution in [-0.4, -0.2) is 23.7 Å². The van der Waals surface area contributed by atoms with E-state index in [-0.39, 0.29) is 17.6 Å². The highest BCUT2D eigenvalue weighted by Gasteiger charge is 2.20. The van der Waals surface area contributed by atoms with E-state index in [9.17, 15) is 9.59 Å². The summed E-state index contributed by atoms with van der Waals surface area (Å²) in [6.07, 6.45) is 0.268. The molecule has 0 spiro atoms. The topological polar surface area (TPSA) is 75.6 Å². The van der Waals surface area contributed by atoms with Gasteiger partial charge in [0.2, 0.25) is 0 Å². The maximum atomic E-state index is 11.8. The zero-order valence-electron chi connectivity index (χ0n) is 14.5. The molecule has 0 unspecified atom stereocenters. The lowest BCUT2D eigenvalue weighted by Gasteiger charge is -2.25. The van der Waals surface area contributed by atoms with Crippen LogP contribution in [0.3, 0.4) is 0 Å². The number of rotatable bonds is 7. The molecule has 2 N–H and O–H groups in total. The number of benzene rings is 2. The van der Waals surface area contributed by atoms with Gasteiger partial charge in [-0.15, -0.1) is 0 Å². The molecule has 0 saturated carbocycles. The highest BCUT2D eigenvalue weighted by atomic mass is 16.5. The minimum absolute atomic E-state index is 0.184. The second-order valence-electron chi connectivity index (χ2n) is 6.76. The quantitative estimate of drug-likeness (QED) is 0.801. The van der Waals surface area contributed by atoms with Crippen molar-refractivity contribution < 1.29 is 19.4 Å². The van der Waals surface area contributed by atoms with Crippen LogP contribution in [0.5, 0.6) is 0 Å². The lowest BCUT2D eigenvalue weighted by atomic mass is 9.85. The molecule has 25 heavy (non-hydrogen) atoms. The van der Waals surface area contributed by atoms with Gasteiger partial charge < -0.3 is 15.2 Å². The largest absolute Gasteiger partial charge is 0.478 e. The van der Waals surface area contributed by atoms with Crippen LogP contribution in [0.25, 0.3) is 0 Å². The number of alkyl carbamates (subject to hydrolysis) is 1. The third kappa shape index (κ3) is 6.30. The summed E-state index contributed by atoms with van der Waals surface area (Å²) in [6.45, 7) is 4.77. The summed E-state index contributed by atoms with van der Waals surface area (Å²) in [6, 6.07) is 16.3. The smallest absolute Gasteiger partial charge is 0.407 e. The van der Waals surface area contributed by atoms with E-state index in [1.807, 2.05) is 44.2 Å². The van der Waals surface area contributed by atoms with Crippen molar-refractivity contribution >= 4 is 12.1 Å². The Balaban J connectivity index is 1.79. The van der Waals surface area contributed by atoms with E-state index < -0.39 is 12.1 Å². The fourth-order valence-electron chi connectivity index (χ4n) is 2.47. The number of nitrogens with one attached hydrogen (secondary N) is 1. The fourth-order valence-corrected chi connectivity index (χ4v) is 2.47. The summed E-state index contributed by atoms with van der Waals surface area (Å²) >= 11 is 0. The maximum Gasteiger partial charge on any atom is 0.407 e. The zero-order chi connectivity index (χ0) is 18.3. The number of carboxylic acid groups (broad SMARTS) is 1. The number of aromatic carboxylic acids is 1. The Labute approximate surface area is 147 Å². The van der Waals surface area contributed by atoms with Gasteiger partial charge in [-0.1, -0.05) is 56.3 Å². The number of ether oxygens (including phenoxy) is 1. The van der Waals surface area contributed by atoms with E-state index in [0.717, 1.165) is 11.1 Å². The Morgan fingerprint density at radius 2 is 1.64 bits per heavy atom. The summed E-state index contributed by atoms with van der Waals surface area (Å²) in [7, 11) is 0. The summed E-state index contributed by atoms with van der Waals surface area (Å²) in [5.41, 5.74) is 2.05. The summed E-state index contributed by atoms with van der Waals surface area (Å²) in [5, 5.41) is 11.7. The van der Waals surface area contributed by atoms with E-state index >= 15 is 0 Å². The molecule has 0 saturated heterocycles. The van der Waals surface area contributed by atoms with Gasteiger partial charge in [-0.2, -0.15) is 0 Å². The van der Waals surface area contributed by atoms with E-state index in [0.29, 0.717) is 13.0 Å². The van der Waals surface area contributed by atoms with E-state index in [2.05, 4.69) is 5.32 Å². The molecule has 2 aromatic rings. The fraction of sp³-hybridized carbons (Fsp3) is 0.300. The predicted molar refractivity (Wildman–Crippen MR) is 95.5 cm³/mol. The number of carbonyl (C=O) groups excluding carboxylic acids is 1. The first kappa shape index (κ1) is 18.5. The van der Waals surface area contributed by atoms with Gasteiger partial charge in [-0.25, -0.2) is 9.59 Å². The van der Waals surface area contributed by atoms with Crippen molar-refractivity contribution in [2.45, 2.75) is 26.9 Å². The van der Waals surface area contributed by atoms with Crippen LogP contribution >= 0.6 is 0 Å². The highest BCUT2D eigenvalue weighted by Crippen LogP contribution is 2.21. The number of carboxylic acids is 1. The van der Waals surface area contributed by atoms with Crippen molar-refractivity contribution in [1.29, 1.82) is 0 Å². The van der Waals surface area contributed by atoms with Crippen LogP contribution in [0.1, 0.15) is 35.3 Å². The van der Waals surface area contributed by atoms with Gasteiger partial charge >= 0.3 is 12.1 Å². The van der Waals surface area contributed by atoms with Crippen LogP contribution in [0.15, 0.2) is 54.6 Å². The lowest BCUT2D eigenvalue weighted by Crippen LogP contribution is -2.35. The van der Waals surface area contributed by atoms with Crippen LogP contribution in [0.4, 0.5) is 4.79 Å². The van der Waals surface area contributed by atoms with Crippen molar-refractivity contribution in [3.05, 3.63) is 71.3 Å². The Kier molecular flexibility index (Phi) is 6.17. The van der Waals surface area contributed by atoms with Crippen molar-refractivity contribution in [3.8, 4) is 0 Å². The average Bonchev–Trinajstić information content (AvgIpc) is 2.59. The normalized spacial score (nSPS) is 11.0. The van der Waals surface area contributed by atoms with Crippen LogP contribution in [0, 0.1) is 5.41 Å². The van der Waals surface area contributed by atoms with E-state index in [1.165, 1.54) is 0 Å².